The largest absolute Gasteiger partial charge is 0.463 e. The van der Waals surface area contributed by atoms with Gasteiger partial charge in [0.15, 0.2) is 17.0 Å². The van der Waals surface area contributed by atoms with Gasteiger partial charge in [-0.25, -0.2) is 4.98 Å². The van der Waals surface area contributed by atoms with Crippen molar-refractivity contribution in [3.8, 4) is 0 Å². The Kier molecular flexibility index (Phi) is 5.95. The van der Waals surface area contributed by atoms with E-state index in [-0.39, 0.29) is 49.5 Å². The topological polar surface area (TPSA) is 137 Å². The summed E-state index contributed by atoms with van der Waals surface area (Å²) in [6, 6.07) is 0. The zero-order chi connectivity index (χ0) is 18.4. The molecule has 2 heterocycles. The van der Waals surface area contributed by atoms with Gasteiger partial charge in [-0.05, 0) is 0 Å². The zero-order valence-electron chi connectivity index (χ0n) is 14.0. The Morgan fingerprint density at radius 3 is 2.44 bits per heavy atom. The molecule has 0 bridgehead atoms. The summed E-state index contributed by atoms with van der Waals surface area (Å²) in [5.74, 6) is -0.854. The number of aromatic nitrogens is 4. The van der Waals surface area contributed by atoms with E-state index in [4.69, 9.17) is 9.47 Å². The third kappa shape index (κ3) is 5.21. The number of nitrogens with zero attached hydrogens (tertiary/aromatic N) is 4. The Bertz CT molecular complexity index is 802. The number of anilines is 2. The molecule has 0 unspecified atom stereocenters. The third-order valence-corrected chi connectivity index (χ3v) is 2.81. The Hall–Kier alpha value is -3.08. The Morgan fingerprint density at radius 2 is 1.80 bits per heavy atom. The number of amides is 2. The number of rotatable bonds is 7. The molecule has 25 heavy (non-hydrogen) atoms. The lowest BCUT2D eigenvalue weighted by Gasteiger charge is -2.08. The summed E-state index contributed by atoms with van der Waals surface area (Å²) in [5.41, 5.74) is 0.725. The molecule has 2 aromatic rings. The summed E-state index contributed by atoms with van der Waals surface area (Å²) in [7, 11) is 0. The number of carbonyl (C=O) groups is 3. The lowest BCUT2D eigenvalue weighted by atomic mass is 10.4. The van der Waals surface area contributed by atoms with Gasteiger partial charge in [-0.15, -0.1) is 0 Å². The van der Waals surface area contributed by atoms with E-state index in [1.165, 1.54) is 27.1 Å². The van der Waals surface area contributed by atoms with Crippen LogP contribution in [0.3, 0.4) is 0 Å². The summed E-state index contributed by atoms with van der Waals surface area (Å²) in [4.78, 5) is 45.7. The van der Waals surface area contributed by atoms with Gasteiger partial charge in [0.1, 0.15) is 13.3 Å². The van der Waals surface area contributed by atoms with Crippen LogP contribution in [0.2, 0.25) is 0 Å². The van der Waals surface area contributed by atoms with E-state index in [0.717, 1.165) is 0 Å². The molecular weight excluding hydrogens is 332 g/mol. The number of hydrogen-bond acceptors (Lipinski definition) is 8. The van der Waals surface area contributed by atoms with E-state index < -0.39 is 0 Å². The molecule has 2 aromatic heterocycles. The van der Waals surface area contributed by atoms with Crippen LogP contribution in [-0.2, 0) is 30.6 Å². The number of carbonyl (C=O) groups excluding carboxylic acids is 3. The first kappa shape index (κ1) is 18.3. The maximum atomic E-state index is 11.3. The Morgan fingerprint density at radius 1 is 1.08 bits per heavy atom. The average molecular weight is 350 g/mol. The van der Waals surface area contributed by atoms with Gasteiger partial charge in [0.05, 0.1) is 12.9 Å². The second-order valence-electron chi connectivity index (χ2n) is 5.02. The van der Waals surface area contributed by atoms with Gasteiger partial charge < -0.3 is 14.8 Å². The van der Waals surface area contributed by atoms with E-state index in [9.17, 15) is 14.4 Å². The van der Waals surface area contributed by atoms with Crippen molar-refractivity contribution in [1.29, 1.82) is 0 Å². The molecule has 11 heteroatoms. The molecule has 0 atom stereocenters. The van der Waals surface area contributed by atoms with Gasteiger partial charge >= 0.3 is 5.97 Å². The first-order valence-corrected chi connectivity index (χ1v) is 7.36. The van der Waals surface area contributed by atoms with Crippen LogP contribution in [-0.4, -0.2) is 50.5 Å². The Balaban J connectivity index is 2.21. The first-order chi connectivity index (χ1) is 11.9. The average Bonchev–Trinajstić information content (AvgIpc) is 2.89. The first-order valence-electron chi connectivity index (χ1n) is 7.36. The van der Waals surface area contributed by atoms with E-state index in [2.05, 4.69) is 25.6 Å². The molecule has 0 aromatic carbocycles. The van der Waals surface area contributed by atoms with Crippen molar-refractivity contribution >= 4 is 40.7 Å². The predicted molar refractivity (Wildman–Crippen MR) is 86.5 cm³/mol. The number of nitrogens with one attached hydrogen (secondary N) is 2. The van der Waals surface area contributed by atoms with Crippen molar-refractivity contribution in [3.63, 3.8) is 0 Å². The molecule has 0 saturated heterocycles. The predicted octanol–water partition coefficient (Wildman–Crippen LogP) is 0.280. The maximum Gasteiger partial charge on any atom is 0.302 e. The fraction of sp³-hybridized carbons (Fsp3) is 0.429. The standard InChI is InChI=1S/C14H18N6O5/c1-8(21)16-12-11-13(19-14(18-12)17-9(2)22)20(6-15-11)7-24-4-5-25-10(3)23/h6H,4-5,7H2,1-3H3,(H2,16,17,18,19,21,22). The van der Waals surface area contributed by atoms with Crippen LogP contribution in [0.15, 0.2) is 6.33 Å². The second-order valence-corrected chi connectivity index (χ2v) is 5.02. The van der Waals surface area contributed by atoms with Crippen LogP contribution < -0.4 is 10.6 Å². The smallest absolute Gasteiger partial charge is 0.302 e. The van der Waals surface area contributed by atoms with Crippen LogP contribution in [0.1, 0.15) is 20.8 Å². The summed E-state index contributed by atoms with van der Waals surface area (Å²) < 4.78 is 11.7. The second kappa shape index (κ2) is 8.15. The van der Waals surface area contributed by atoms with E-state index in [1.807, 2.05) is 0 Å². The highest BCUT2D eigenvalue weighted by atomic mass is 16.6. The minimum absolute atomic E-state index is 0.0328. The molecule has 2 rings (SSSR count). The fourth-order valence-corrected chi connectivity index (χ4v) is 1.91. The minimum atomic E-state index is -0.385. The highest BCUT2D eigenvalue weighted by molar-refractivity contribution is 5.97. The molecule has 134 valence electrons. The highest BCUT2D eigenvalue weighted by Gasteiger charge is 2.15. The molecule has 0 spiro atoms. The molecule has 2 N–H and O–H groups in total. The lowest BCUT2D eigenvalue weighted by Crippen LogP contribution is -2.14. The Labute approximate surface area is 142 Å². The zero-order valence-corrected chi connectivity index (χ0v) is 14.0. The summed E-state index contributed by atoms with van der Waals surface area (Å²) in [5, 5.41) is 5.01. The van der Waals surface area contributed by atoms with Gasteiger partial charge in [0.25, 0.3) is 0 Å². The van der Waals surface area contributed by atoms with Crippen LogP contribution in [0.5, 0.6) is 0 Å². The van der Waals surface area contributed by atoms with E-state index in [0.29, 0.717) is 11.2 Å². The molecule has 0 aliphatic carbocycles. The van der Waals surface area contributed by atoms with Crippen LogP contribution in [0.25, 0.3) is 11.2 Å². The molecule has 2 amide bonds. The summed E-state index contributed by atoms with van der Waals surface area (Å²) in [6.07, 6.45) is 1.47. The molecular formula is C14H18N6O5. The van der Waals surface area contributed by atoms with Crippen molar-refractivity contribution in [3.05, 3.63) is 6.33 Å². The molecule has 0 aliphatic heterocycles. The molecule has 0 saturated carbocycles. The molecule has 0 radical (unpaired) electrons. The molecule has 0 fully saturated rings. The monoisotopic (exact) mass is 350 g/mol. The van der Waals surface area contributed by atoms with E-state index in [1.54, 1.807) is 4.57 Å². The normalized spacial score (nSPS) is 10.5. The van der Waals surface area contributed by atoms with Crippen molar-refractivity contribution in [2.45, 2.75) is 27.5 Å². The summed E-state index contributed by atoms with van der Waals surface area (Å²) >= 11 is 0. The maximum absolute atomic E-state index is 11.3. The van der Waals surface area contributed by atoms with Crippen molar-refractivity contribution in [2.75, 3.05) is 23.8 Å². The van der Waals surface area contributed by atoms with Gasteiger partial charge in [-0.1, -0.05) is 0 Å². The van der Waals surface area contributed by atoms with Crippen LogP contribution in [0, 0.1) is 0 Å². The third-order valence-electron chi connectivity index (χ3n) is 2.81. The molecule has 11 nitrogen and oxygen atoms in total. The number of ether oxygens (including phenoxy) is 2. The lowest BCUT2D eigenvalue weighted by molar-refractivity contribution is -0.142. The highest BCUT2D eigenvalue weighted by Crippen LogP contribution is 2.21. The van der Waals surface area contributed by atoms with Crippen molar-refractivity contribution in [2.24, 2.45) is 0 Å². The van der Waals surface area contributed by atoms with Crippen LogP contribution >= 0.6 is 0 Å². The van der Waals surface area contributed by atoms with Gasteiger partial charge in [0.2, 0.25) is 17.8 Å². The van der Waals surface area contributed by atoms with Gasteiger partial charge in [-0.2, -0.15) is 9.97 Å². The van der Waals surface area contributed by atoms with E-state index >= 15 is 0 Å². The fourth-order valence-electron chi connectivity index (χ4n) is 1.91. The number of imidazole rings is 1. The van der Waals surface area contributed by atoms with Gasteiger partial charge in [-0.3, -0.25) is 24.3 Å². The quantitative estimate of drug-likeness (QED) is 0.536. The minimum Gasteiger partial charge on any atom is -0.463 e. The van der Waals surface area contributed by atoms with Crippen LogP contribution in [0.4, 0.5) is 11.8 Å². The number of hydrogen-bond donors (Lipinski definition) is 2. The van der Waals surface area contributed by atoms with Crippen molar-refractivity contribution in [1.82, 2.24) is 19.5 Å². The SMILES string of the molecule is CC(=O)Nc1nc(NC(C)=O)c2ncn(COCCOC(C)=O)c2n1. The van der Waals surface area contributed by atoms with Gasteiger partial charge in [0, 0.05) is 20.8 Å². The molecule has 0 aliphatic rings. The summed E-state index contributed by atoms with van der Waals surface area (Å²) in [6.45, 7) is 4.38. The number of esters is 1. The number of fused-ring (bicyclic) bond motifs is 1. The van der Waals surface area contributed by atoms with Crippen molar-refractivity contribution < 1.29 is 23.9 Å².